The van der Waals surface area contributed by atoms with Crippen LogP contribution in [0.3, 0.4) is 0 Å². The van der Waals surface area contributed by atoms with Gasteiger partial charge in [0.2, 0.25) is 5.91 Å². The van der Waals surface area contributed by atoms with Gasteiger partial charge in [0, 0.05) is 24.6 Å². The molecule has 0 aliphatic carbocycles. The highest BCUT2D eigenvalue weighted by Crippen LogP contribution is 2.28. The molecule has 0 saturated heterocycles. The van der Waals surface area contributed by atoms with E-state index in [-0.39, 0.29) is 24.8 Å². The van der Waals surface area contributed by atoms with E-state index in [9.17, 15) is 9.59 Å². The Kier molecular flexibility index (Phi) is 6.39. The van der Waals surface area contributed by atoms with E-state index < -0.39 is 0 Å². The first-order valence-corrected chi connectivity index (χ1v) is 7.91. The van der Waals surface area contributed by atoms with Crippen molar-refractivity contribution in [3.8, 4) is 11.5 Å². The van der Waals surface area contributed by atoms with Gasteiger partial charge in [-0.25, -0.2) is 0 Å². The molecule has 6 nitrogen and oxygen atoms in total. The number of anilines is 1. The minimum absolute atomic E-state index is 0.160. The van der Waals surface area contributed by atoms with Gasteiger partial charge >= 0.3 is 0 Å². The molecule has 2 aromatic rings. The molecule has 25 heavy (non-hydrogen) atoms. The first-order chi connectivity index (χ1) is 12.0. The maximum absolute atomic E-state index is 12.1. The number of hydrogen-bond acceptors (Lipinski definition) is 4. The lowest BCUT2D eigenvalue weighted by molar-refractivity contribution is -0.116. The fourth-order valence-corrected chi connectivity index (χ4v) is 2.33. The first-order valence-electron chi connectivity index (χ1n) is 7.91. The van der Waals surface area contributed by atoms with Crippen molar-refractivity contribution >= 4 is 17.5 Å². The summed E-state index contributed by atoms with van der Waals surface area (Å²) in [6.45, 7) is 2.12. The summed E-state index contributed by atoms with van der Waals surface area (Å²) in [5, 5.41) is 5.52. The minimum Gasteiger partial charge on any atom is -0.497 e. The molecule has 132 valence electrons. The lowest BCUT2D eigenvalue weighted by atomic mass is 10.1. The van der Waals surface area contributed by atoms with E-state index in [1.54, 1.807) is 31.4 Å². The maximum Gasteiger partial charge on any atom is 0.251 e. The van der Waals surface area contributed by atoms with Gasteiger partial charge < -0.3 is 20.1 Å². The first kappa shape index (κ1) is 18.3. The Labute approximate surface area is 147 Å². The molecular formula is C19H22N2O4. The second kappa shape index (κ2) is 8.73. The van der Waals surface area contributed by atoms with E-state index in [1.807, 2.05) is 25.1 Å². The Hall–Kier alpha value is -3.02. The molecule has 0 radical (unpaired) electrons. The Morgan fingerprint density at radius 3 is 2.48 bits per heavy atom. The van der Waals surface area contributed by atoms with Crippen LogP contribution in [-0.4, -0.2) is 32.6 Å². The number of ether oxygens (including phenoxy) is 2. The lowest BCUT2D eigenvalue weighted by Gasteiger charge is -2.12. The normalized spacial score (nSPS) is 10.0. The molecule has 0 saturated carbocycles. The number of carbonyl (C=O) groups is 2. The molecule has 0 heterocycles. The number of carbonyl (C=O) groups excluding carboxylic acids is 2. The van der Waals surface area contributed by atoms with Crippen LogP contribution in [-0.2, 0) is 4.79 Å². The third kappa shape index (κ3) is 4.97. The number of methoxy groups -OCH3 is 2. The molecule has 0 aliphatic heterocycles. The molecule has 2 aromatic carbocycles. The van der Waals surface area contributed by atoms with Gasteiger partial charge in [-0.05, 0) is 30.7 Å². The molecule has 2 rings (SSSR count). The molecule has 0 atom stereocenters. The van der Waals surface area contributed by atoms with Crippen molar-refractivity contribution < 1.29 is 19.1 Å². The van der Waals surface area contributed by atoms with Crippen LogP contribution in [0.4, 0.5) is 5.69 Å². The summed E-state index contributed by atoms with van der Waals surface area (Å²) in [5.74, 6) is 0.749. The van der Waals surface area contributed by atoms with E-state index in [4.69, 9.17) is 9.47 Å². The Morgan fingerprint density at radius 1 is 1.04 bits per heavy atom. The topological polar surface area (TPSA) is 76.7 Å². The SMILES string of the molecule is COc1ccc(NC(=O)CCNC(=O)c2ccccc2C)c(OC)c1. The van der Waals surface area contributed by atoms with Crippen LogP contribution >= 0.6 is 0 Å². The average Bonchev–Trinajstić information content (AvgIpc) is 2.62. The summed E-state index contributed by atoms with van der Waals surface area (Å²) in [6.07, 6.45) is 0.160. The summed E-state index contributed by atoms with van der Waals surface area (Å²) in [5.41, 5.74) is 2.06. The zero-order valence-electron chi connectivity index (χ0n) is 14.6. The van der Waals surface area contributed by atoms with E-state index in [0.29, 0.717) is 22.7 Å². The summed E-state index contributed by atoms with van der Waals surface area (Å²) >= 11 is 0. The molecule has 0 bridgehead atoms. The van der Waals surface area contributed by atoms with Crippen LogP contribution in [0.15, 0.2) is 42.5 Å². The van der Waals surface area contributed by atoms with Crippen molar-refractivity contribution in [2.24, 2.45) is 0 Å². The van der Waals surface area contributed by atoms with Crippen LogP contribution in [0.2, 0.25) is 0 Å². The summed E-state index contributed by atoms with van der Waals surface area (Å²) in [7, 11) is 3.08. The minimum atomic E-state index is -0.214. The second-order valence-corrected chi connectivity index (χ2v) is 5.44. The van der Waals surface area contributed by atoms with Crippen molar-refractivity contribution in [2.45, 2.75) is 13.3 Å². The number of benzene rings is 2. The van der Waals surface area contributed by atoms with E-state index in [1.165, 1.54) is 7.11 Å². The van der Waals surface area contributed by atoms with Crippen molar-refractivity contribution in [2.75, 3.05) is 26.1 Å². The van der Waals surface area contributed by atoms with Gasteiger partial charge in [0.15, 0.2) is 0 Å². The number of amides is 2. The van der Waals surface area contributed by atoms with Crippen molar-refractivity contribution in [3.05, 3.63) is 53.6 Å². The van der Waals surface area contributed by atoms with Gasteiger partial charge in [-0.2, -0.15) is 0 Å². The molecule has 0 spiro atoms. The molecule has 0 unspecified atom stereocenters. The van der Waals surface area contributed by atoms with Crippen molar-refractivity contribution in [1.29, 1.82) is 0 Å². The summed E-state index contributed by atoms with van der Waals surface area (Å²) < 4.78 is 10.4. The van der Waals surface area contributed by atoms with Crippen LogP contribution < -0.4 is 20.1 Å². The van der Waals surface area contributed by atoms with Crippen LogP contribution in [0.5, 0.6) is 11.5 Å². The largest absolute Gasteiger partial charge is 0.497 e. The van der Waals surface area contributed by atoms with Gasteiger partial charge in [-0.15, -0.1) is 0 Å². The van der Waals surface area contributed by atoms with Gasteiger partial charge in [0.25, 0.3) is 5.91 Å². The highest BCUT2D eigenvalue weighted by molar-refractivity contribution is 5.96. The Balaban J connectivity index is 1.87. The lowest BCUT2D eigenvalue weighted by Crippen LogP contribution is -2.28. The quantitative estimate of drug-likeness (QED) is 0.811. The third-order valence-electron chi connectivity index (χ3n) is 3.71. The van der Waals surface area contributed by atoms with Crippen LogP contribution in [0.25, 0.3) is 0 Å². The average molecular weight is 342 g/mol. The zero-order chi connectivity index (χ0) is 18.2. The van der Waals surface area contributed by atoms with E-state index >= 15 is 0 Å². The summed E-state index contributed by atoms with van der Waals surface area (Å²) in [6, 6.07) is 12.5. The highest BCUT2D eigenvalue weighted by atomic mass is 16.5. The number of aryl methyl sites for hydroxylation is 1. The van der Waals surface area contributed by atoms with Crippen molar-refractivity contribution in [1.82, 2.24) is 5.32 Å². The Bertz CT molecular complexity index is 759. The third-order valence-corrected chi connectivity index (χ3v) is 3.71. The van der Waals surface area contributed by atoms with Crippen LogP contribution in [0.1, 0.15) is 22.3 Å². The smallest absolute Gasteiger partial charge is 0.251 e. The maximum atomic E-state index is 12.1. The van der Waals surface area contributed by atoms with E-state index in [0.717, 1.165) is 5.56 Å². The molecule has 0 aliphatic rings. The van der Waals surface area contributed by atoms with Gasteiger partial charge in [-0.1, -0.05) is 18.2 Å². The van der Waals surface area contributed by atoms with Gasteiger partial charge in [0.05, 0.1) is 19.9 Å². The fraction of sp³-hybridized carbons (Fsp3) is 0.263. The predicted molar refractivity (Wildman–Crippen MR) is 96.3 cm³/mol. The number of rotatable bonds is 7. The zero-order valence-corrected chi connectivity index (χ0v) is 14.6. The Morgan fingerprint density at radius 2 is 1.80 bits per heavy atom. The molecule has 0 fully saturated rings. The highest BCUT2D eigenvalue weighted by Gasteiger charge is 2.11. The van der Waals surface area contributed by atoms with Gasteiger partial charge in [0.1, 0.15) is 11.5 Å². The van der Waals surface area contributed by atoms with Crippen LogP contribution in [0, 0.1) is 6.92 Å². The molecule has 6 heteroatoms. The monoisotopic (exact) mass is 342 g/mol. The number of nitrogens with one attached hydrogen (secondary N) is 2. The van der Waals surface area contributed by atoms with E-state index in [2.05, 4.69) is 10.6 Å². The standard InChI is InChI=1S/C19H22N2O4/c1-13-6-4-5-7-15(13)19(23)20-11-10-18(22)21-16-9-8-14(24-2)12-17(16)25-3/h4-9,12H,10-11H2,1-3H3,(H,20,23)(H,21,22). The second-order valence-electron chi connectivity index (χ2n) is 5.44. The number of hydrogen-bond donors (Lipinski definition) is 2. The van der Waals surface area contributed by atoms with Crippen molar-refractivity contribution in [3.63, 3.8) is 0 Å². The molecular weight excluding hydrogens is 320 g/mol. The molecule has 0 aromatic heterocycles. The predicted octanol–water partition coefficient (Wildman–Crippen LogP) is 2.77. The fourth-order valence-electron chi connectivity index (χ4n) is 2.33. The van der Waals surface area contributed by atoms with Gasteiger partial charge in [-0.3, -0.25) is 9.59 Å². The molecule has 2 N–H and O–H groups in total. The summed E-state index contributed by atoms with van der Waals surface area (Å²) in [4.78, 5) is 24.2. The molecule has 2 amide bonds.